The smallest absolute Gasteiger partial charge is 0.348 e. The summed E-state index contributed by atoms with van der Waals surface area (Å²) >= 11 is 0. The van der Waals surface area contributed by atoms with E-state index in [0.29, 0.717) is 5.52 Å². The van der Waals surface area contributed by atoms with Gasteiger partial charge in [-0.05, 0) is 0 Å². The van der Waals surface area contributed by atoms with Gasteiger partial charge < -0.3 is 25.0 Å². The number of ether oxygens (including phenoxy) is 1. The lowest BCUT2D eigenvalue weighted by atomic mass is 10.1. The molecule has 4 N–H and O–H groups in total. The summed E-state index contributed by atoms with van der Waals surface area (Å²) in [6.07, 6.45) is -1.69. The minimum Gasteiger partial charge on any atom is -0.394 e. The number of nitrogens with one attached hydrogen (secondary N) is 1. The van der Waals surface area contributed by atoms with Crippen LogP contribution in [0.2, 0.25) is 0 Å². The first-order valence-electron chi connectivity index (χ1n) is 7.22. The predicted octanol–water partition coefficient (Wildman–Crippen LogP) is -2.05. The number of imidazole rings is 1. The standard InChI is InChI=1S/C13H18N6O5/c1-18(2)4-15-10-7-11(17-13(23)16-10)19(5-14-7)12-9(22)8(21)6(3-20)24-12/h4-6,8-9,12,20-22H,3H2,1-2H3,(H,16,17,23)/t6-,8-,9-,12-/m1/s1. The van der Waals surface area contributed by atoms with Crippen LogP contribution in [-0.2, 0) is 4.74 Å². The Labute approximate surface area is 135 Å². The SMILES string of the molecule is CN(C)C=Nc1[nH]c(=O)nc2c1ncn2[C@@H]1O[C@H](CO)[C@@H](O)[C@H]1O. The number of nitrogens with zero attached hydrogens (tertiary/aromatic N) is 5. The van der Waals surface area contributed by atoms with Crippen LogP contribution in [0.5, 0.6) is 0 Å². The fourth-order valence-electron chi connectivity index (χ4n) is 2.48. The molecule has 1 fully saturated rings. The second-order valence-electron chi connectivity index (χ2n) is 5.65. The molecule has 0 unspecified atom stereocenters. The van der Waals surface area contributed by atoms with Crippen molar-refractivity contribution < 1.29 is 20.1 Å². The highest BCUT2D eigenvalue weighted by molar-refractivity contribution is 5.82. The topological polar surface area (TPSA) is 149 Å². The van der Waals surface area contributed by atoms with Crippen molar-refractivity contribution >= 4 is 23.3 Å². The molecule has 0 aromatic carbocycles. The Balaban J connectivity index is 2.07. The summed E-state index contributed by atoms with van der Waals surface area (Å²) in [6.45, 7) is -0.451. The van der Waals surface area contributed by atoms with Crippen molar-refractivity contribution in [2.75, 3.05) is 20.7 Å². The van der Waals surface area contributed by atoms with Gasteiger partial charge in [0.1, 0.15) is 18.3 Å². The van der Waals surface area contributed by atoms with E-state index in [0.717, 1.165) is 0 Å². The minimum atomic E-state index is -1.30. The maximum atomic E-state index is 11.8. The Morgan fingerprint density at radius 2 is 2.21 bits per heavy atom. The molecule has 0 bridgehead atoms. The molecule has 3 rings (SSSR count). The van der Waals surface area contributed by atoms with Crippen molar-refractivity contribution in [3.8, 4) is 0 Å². The molecule has 2 aromatic rings. The summed E-state index contributed by atoms with van der Waals surface area (Å²) < 4.78 is 6.78. The average molecular weight is 338 g/mol. The molecule has 1 aliphatic rings. The van der Waals surface area contributed by atoms with Gasteiger partial charge in [0.2, 0.25) is 0 Å². The Bertz CT molecular complexity index is 815. The van der Waals surface area contributed by atoms with Gasteiger partial charge in [-0.25, -0.2) is 14.8 Å². The number of fused-ring (bicyclic) bond motifs is 1. The van der Waals surface area contributed by atoms with Gasteiger partial charge in [-0.15, -0.1) is 0 Å². The number of rotatable bonds is 4. The lowest BCUT2D eigenvalue weighted by molar-refractivity contribution is -0.0511. The van der Waals surface area contributed by atoms with Crippen molar-refractivity contribution in [1.29, 1.82) is 0 Å². The van der Waals surface area contributed by atoms with E-state index in [-0.39, 0.29) is 11.5 Å². The Morgan fingerprint density at radius 1 is 1.46 bits per heavy atom. The summed E-state index contributed by atoms with van der Waals surface area (Å²) in [4.78, 5) is 28.1. The van der Waals surface area contributed by atoms with Crippen molar-refractivity contribution in [2.24, 2.45) is 4.99 Å². The molecule has 0 amide bonds. The number of aliphatic hydroxyl groups is 3. The van der Waals surface area contributed by atoms with E-state index in [1.54, 1.807) is 19.0 Å². The van der Waals surface area contributed by atoms with Gasteiger partial charge in [-0.2, -0.15) is 4.98 Å². The van der Waals surface area contributed by atoms with Gasteiger partial charge in [0, 0.05) is 14.1 Å². The highest BCUT2D eigenvalue weighted by Gasteiger charge is 2.44. The second kappa shape index (κ2) is 6.28. The van der Waals surface area contributed by atoms with Gasteiger partial charge in [0.05, 0.1) is 19.3 Å². The molecule has 1 aliphatic heterocycles. The molecule has 11 heteroatoms. The lowest BCUT2D eigenvalue weighted by Gasteiger charge is -2.16. The van der Waals surface area contributed by atoms with Gasteiger partial charge in [0.25, 0.3) is 0 Å². The molecule has 11 nitrogen and oxygen atoms in total. The van der Waals surface area contributed by atoms with Crippen LogP contribution in [-0.4, -0.2) is 85.1 Å². The zero-order chi connectivity index (χ0) is 17.4. The van der Waals surface area contributed by atoms with Crippen molar-refractivity contribution in [3.63, 3.8) is 0 Å². The summed E-state index contributed by atoms with van der Waals surface area (Å²) in [5, 5.41) is 29.2. The summed E-state index contributed by atoms with van der Waals surface area (Å²) in [5.74, 6) is 0.212. The first-order valence-corrected chi connectivity index (χ1v) is 7.22. The molecule has 3 heterocycles. The van der Waals surface area contributed by atoms with Crippen LogP contribution in [0.15, 0.2) is 16.1 Å². The van der Waals surface area contributed by atoms with Crippen LogP contribution < -0.4 is 5.69 Å². The van der Waals surface area contributed by atoms with Crippen molar-refractivity contribution in [3.05, 3.63) is 16.8 Å². The molecule has 4 atom stereocenters. The van der Waals surface area contributed by atoms with Crippen molar-refractivity contribution in [2.45, 2.75) is 24.5 Å². The van der Waals surface area contributed by atoms with Gasteiger partial charge in [-0.3, -0.25) is 9.55 Å². The first kappa shape index (κ1) is 16.5. The summed E-state index contributed by atoms with van der Waals surface area (Å²) in [5.41, 5.74) is -0.174. The van der Waals surface area contributed by atoms with Crippen LogP contribution in [0.4, 0.5) is 5.82 Å². The summed E-state index contributed by atoms with van der Waals surface area (Å²) in [7, 11) is 3.55. The fraction of sp³-hybridized carbons (Fsp3) is 0.538. The third-order valence-corrected chi connectivity index (χ3v) is 3.63. The van der Waals surface area contributed by atoms with E-state index >= 15 is 0 Å². The lowest BCUT2D eigenvalue weighted by Crippen LogP contribution is -2.33. The number of hydrogen-bond donors (Lipinski definition) is 4. The molecular weight excluding hydrogens is 320 g/mol. The Hall–Kier alpha value is -2.34. The van der Waals surface area contributed by atoms with Crippen molar-refractivity contribution in [1.82, 2.24) is 24.4 Å². The first-order chi connectivity index (χ1) is 11.4. The van der Waals surface area contributed by atoms with Gasteiger partial charge in [-0.1, -0.05) is 0 Å². The highest BCUT2D eigenvalue weighted by atomic mass is 16.6. The number of aromatic nitrogens is 4. The van der Waals surface area contributed by atoms with Gasteiger partial charge >= 0.3 is 5.69 Å². The zero-order valence-corrected chi connectivity index (χ0v) is 13.1. The molecule has 24 heavy (non-hydrogen) atoms. The number of H-pyrrole nitrogens is 1. The molecule has 2 aromatic heterocycles. The van der Waals surface area contributed by atoms with Crippen LogP contribution in [0, 0.1) is 0 Å². The van der Waals surface area contributed by atoms with Crippen LogP contribution in [0.1, 0.15) is 6.23 Å². The third-order valence-electron chi connectivity index (χ3n) is 3.63. The van der Waals surface area contributed by atoms with E-state index < -0.39 is 36.8 Å². The molecule has 0 saturated carbocycles. The molecular formula is C13H18N6O5. The van der Waals surface area contributed by atoms with E-state index in [4.69, 9.17) is 4.74 Å². The number of aromatic amines is 1. The summed E-state index contributed by atoms with van der Waals surface area (Å²) in [6, 6.07) is 0. The molecule has 0 aliphatic carbocycles. The van der Waals surface area contributed by atoms with Crippen LogP contribution in [0.25, 0.3) is 11.2 Å². The molecule has 0 radical (unpaired) electrons. The Morgan fingerprint density at radius 3 is 2.83 bits per heavy atom. The zero-order valence-electron chi connectivity index (χ0n) is 13.1. The Kier molecular flexibility index (Phi) is 4.32. The maximum Gasteiger partial charge on any atom is 0.348 e. The predicted molar refractivity (Wildman–Crippen MR) is 83.0 cm³/mol. The molecule has 0 spiro atoms. The van der Waals surface area contributed by atoms with Crippen LogP contribution in [0.3, 0.4) is 0 Å². The van der Waals surface area contributed by atoms with E-state index in [1.807, 2.05) is 0 Å². The number of hydrogen-bond acceptors (Lipinski definition) is 8. The van der Waals surface area contributed by atoms with Gasteiger partial charge in [0.15, 0.2) is 23.2 Å². The van der Waals surface area contributed by atoms with E-state index in [2.05, 4.69) is 19.9 Å². The number of aliphatic hydroxyl groups excluding tert-OH is 3. The number of aliphatic imine (C=N–C) groups is 1. The van der Waals surface area contributed by atoms with E-state index in [9.17, 15) is 20.1 Å². The molecule has 1 saturated heterocycles. The average Bonchev–Trinajstić information content (AvgIpc) is 3.07. The maximum absolute atomic E-state index is 11.8. The van der Waals surface area contributed by atoms with Crippen LogP contribution >= 0.6 is 0 Å². The van der Waals surface area contributed by atoms with E-state index in [1.165, 1.54) is 17.2 Å². The third kappa shape index (κ3) is 2.78. The second-order valence-corrected chi connectivity index (χ2v) is 5.65. The quantitative estimate of drug-likeness (QED) is 0.368. The molecule has 130 valence electrons. The largest absolute Gasteiger partial charge is 0.394 e. The fourth-order valence-corrected chi connectivity index (χ4v) is 2.48. The highest BCUT2D eigenvalue weighted by Crippen LogP contribution is 2.32. The minimum absolute atomic E-state index is 0.152. The normalized spacial score (nSPS) is 27.4. The monoisotopic (exact) mass is 338 g/mol.